The van der Waals surface area contributed by atoms with Crippen LogP contribution >= 0.6 is 11.9 Å². The zero-order valence-electron chi connectivity index (χ0n) is 6.86. The van der Waals surface area contributed by atoms with Gasteiger partial charge in [0.2, 0.25) is 0 Å². The van der Waals surface area contributed by atoms with Gasteiger partial charge in [-0.1, -0.05) is 25.1 Å². The van der Waals surface area contributed by atoms with Gasteiger partial charge >= 0.3 is 0 Å². The van der Waals surface area contributed by atoms with Gasteiger partial charge in [0, 0.05) is 23.3 Å². The highest BCUT2D eigenvalue weighted by molar-refractivity contribution is 7.97. The van der Waals surface area contributed by atoms with Crippen LogP contribution in [-0.4, -0.2) is 5.91 Å². The van der Waals surface area contributed by atoms with Crippen LogP contribution in [0.4, 0.5) is 0 Å². The van der Waals surface area contributed by atoms with Crippen LogP contribution in [0.25, 0.3) is 0 Å². The molecule has 0 saturated heterocycles. The average Bonchev–Trinajstić information content (AvgIpc) is 2.16. The summed E-state index contributed by atoms with van der Waals surface area (Å²) in [5, 5.41) is 0. The predicted molar refractivity (Wildman–Crippen MR) is 49.7 cm³/mol. The first kappa shape index (κ1) is 9.13. The van der Waals surface area contributed by atoms with Gasteiger partial charge in [0.15, 0.2) is 0 Å². The van der Waals surface area contributed by atoms with E-state index in [-0.39, 0.29) is 5.91 Å². The Bertz CT molecular complexity index is 248. The third kappa shape index (κ3) is 2.96. The lowest BCUT2D eigenvalue weighted by Crippen LogP contribution is -2.05. The summed E-state index contributed by atoms with van der Waals surface area (Å²) < 4.78 is 3.79. The van der Waals surface area contributed by atoms with Gasteiger partial charge in [-0.3, -0.25) is 4.79 Å². The Kier molecular flexibility index (Phi) is 3.67. The van der Waals surface area contributed by atoms with Gasteiger partial charge in [-0.05, 0) is 12.1 Å². The van der Waals surface area contributed by atoms with E-state index in [9.17, 15) is 4.79 Å². The Balaban J connectivity index is 2.38. The highest BCUT2D eigenvalue weighted by Gasteiger charge is 1.99. The summed E-state index contributed by atoms with van der Waals surface area (Å²) in [5.41, 5.74) is 0. The standard InChI is InChI=1S/C9H10NOS/c1-2-9(11)10-12-8-6-4-3-5-7-8/h3-7H,2H2,1H3. The van der Waals surface area contributed by atoms with Crippen LogP contribution in [0.3, 0.4) is 0 Å². The number of benzene rings is 1. The molecule has 0 spiro atoms. The van der Waals surface area contributed by atoms with Gasteiger partial charge in [0.1, 0.15) is 0 Å². The molecule has 0 heterocycles. The molecule has 0 aromatic heterocycles. The second-order valence-corrected chi connectivity index (χ2v) is 3.08. The molecule has 12 heavy (non-hydrogen) atoms. The van der Waals surface area contributed by atoms with Gasteiger partial charge in [-0.2, -0.15) is 4.72 Å². The normalized spacial score (nSPS) is 9.42. The first-order valence-corrected chi connectivity index (χ1v) is 4.56. The fourth-order valence-corrected chi connectivity index (χ4v) is 1.26. The second-order valence-electron chi connectivity index (χ2n) is 2.24. The Morgan fingerprint density at radius 3 is 2.67 bits per heavy atom. The summed E-state index contributed by atoms with van der Waals surface area (Å²) in [6, 6.07) is 9.64. The van der Waals surface area contributed by atoms with Crippen LogP contribution in [0.1, 0.15) is 13.3 Å². The molecule has 0 atom stereocenters. The minimum Gasteiger partial charge on any atom is -0.272 e. The molecule has 1 aromatic rings. The first-order chi connectivity index (χ1) is 5.83. The van der Waals surface area contributed by atoms with Crippen molar-refractivity contribution < 1.29 is 4.79 Å². The van der Waals surface area contributed by atoms with Crippen LogP contribution < -0.4 is 4.72 Å². The third-order valence-corrected chi connectivity index (χ3v) is 2.08. The van der Waals surface area contributed by atoms with Crippen molar-refractivity contribution in [3.05, 3.63) is 30.3 Å². The maximum Gasteiger partial charge on any atom is 0.252 e. The molecule has 3 heteroatoms. The van der Waals surface area contributed by atoms with Gasteiger partial charge in [0.05, 0.1) is 0 Å². The SMILES string of the molecule is CCC(=O)[N]Sc1ccccc1. The summed E-state index contributed by atoms with van der Waals surface area (Å²) in [5.74, 6) is -0.0659. The quantitative estimate of drug-likeness (QED) is 0.668. The van der Waals surface area contributed by atoms with Crippen LogP contribution in [0.2, 0.25) is 0 Å². The molecule has 0 unspecified atom stereocenters. The molecule has 0 aliphatic carbocycles. The second kappa shape index (κ2) is 4.83. The fourth-order valence-electron chi connectivity index (χ4n) is 0.650. The largest absolute Gasteiger partial charge is 0.272 e. The monoisotopic (exact) mass is 180 g/mol. The lowest BCUT2D eigenvalue weighted by molar-refractivity contribution is -0.119. The molecule has 1 amide bonds. The van der Waals surface area contributed by atoms with Crippen LogP contribution in [0.5, 0.6) is 0 Å². The topological polar surface area (TPSA) is 31.2 Å². The highest BCUT2D eigenvalue weighted by atomic mass is 32.2. The minimum absolute atomic E-state index is 0.0659. The van der Waals surface area contributed by atoms with Crippen molar-refractivity contribution in [3.63, 3.8) is 0 Å². The number of amides is 1. The molecule has 1 radical (unpaired) electrons. The van der Waals surface area contributed by atoms with E-state index in [4.69, 9.17) is 0 Å². The van der Waals surface area contributed by atoms with E-state index in [1.54, 1.807) is 6.92 Å². The Morgan fingerprint density at radius 1 is 1.42 bits per heavy atom. The molecule has 0 bridgehead atoms. The molecule has 0 fully saturated rings. The van der Waals surface area contributed by atoms with Crippen molar-refractivity contribution in [2.24, 2.45) is 0 Å². The average molecular weight is 180 g/mol. The Labute approximate surface area is 76.5 Å². The first-order valence-electron chi connectivity index (χ1n) is 3.79. The van der Waals surface area contributed by atoms with Crippen molar-refractivity contribution >= 4 is 17.9 Å². The Hall–Kier alpha value is -0.960. The predicted octanol–water partition coefficient (Wildman–Crippen LogP) is 2.23. The summed E-state index contributed by atoms with van der Waals surface area (Å²) in [7, 11) is 0. The van der Waals surface area contributed by atoms with E-state index < -0.39 is 0 Å². The van der Waals surface area contributed by atoms with Crippen molar-refractivity contribution in [1.82, 2.24) is 4.72 Å². The number of carbonyl (C=O) groups is 1. The third-order valence-electron chi connectivity index (χ3n) is 1.30. The molecule has 0 N–H and O–H groups in total. The fraction of sp³-hybridized carbons (Fsp3) is 0.222. The molecule has 0 aliphatic rings. The molecule has 0 aliphatic heterocycles. The van der Waals surface area contributed by atoms with Crippen molar-refractivity contribution in [1.29, 1.82) is 0 Å². The number of nitrogens with zero attached hydrogens (tertiary/aromatic N) is 1. The van der Waals surface area contributed by atoms with Crippen molar-refractivity contribution in [2.45, 2.75) is 18.2 Å². The molecule has 2 nitrogen and oxygen atoms in total. The van der Waals surface area contributed by atoms with E-state index >= 15 is 0 Å². The Morgan fingerprint density at radius 2 is 2.08 bits per heavy atom. The smallest absolute Gasteiger partial charge is 0.252 e. The van der Waals surface area contributed by atoms with Gasteiger partial charge in [0.25, 0.3) is 5.91 Å². The zero-order valence-corrected chi connectivity index (χ0v) is 7.67. The van der Waals surface area contributed by atoms with E-state index in [1.807, 2.05) is 30.3 Å². The van der Waals surface area contributed by atoms with Gasteiger partial charge in [-0.15, -0.1) is 0 Å². The lowest BCUT2D eigenvalue weighted by Gasteiger charge is -1.97. The molecular formula is C9H10NOS. The van der Waals surface area contributed by atoms with Crippen LogP contribution in [0, 0.1) is 0 Å². The summed E-state index contributed by atoms with van der Waals surface area (Å²) in [6.07, 6.45) is 0.472. The van der Waals surface area contributed by atoms with E-state index in [2.05, 4.69) is 4.72 Å². The number of rotatable bonds is 3. The lowest BCUT2D eigenvalue weighted by atomic mass is 10.4. The maximum absolute atomic E-state index is 10.8. The molecule has 1 aromatic carbocycles. The molecular weight excluding hydrogens is 170 g/mol. The molecule has 1 rings (SSSR count). The number of hydrogen-bond donors (Lipinski definition) is 0. The van der Waals surface area contributed by atoms with Crippen molar-refractivity contribution in [3.8, 4) is 0 Å². The maximum atomic E-state index is 10.8. The van der Waals surface area contributed by atoms with E-state index in [1.165, 1.54) is 11.9 Å². The van der Waals surface area contributed by atoms with Crippen LogP contribution in [0.15, 0.2) is 35.2 Å². The van der Waals surface area contributed by atoms with Gasteiger partial charge in [-0.25, -0.2) is 0 Å². The molecule has 0 saturated carbocycles. The van der Waals surface area contributed by atoms with Crippen molar-refractivity contribution in [2.75, 3.05) is 0 Å². The minimum atomic E-state index is -0.0659. The summed E-state index contributed by atoms with van der Waals surface area (Å²) in [6.45, 7) is 1.80. The van der Waals surface area contributed by atoms with Gasteiger partial charge < -0.3 is 0 Å². The highest BCUT2D eigenvalue weighted by Crippen LogP contribution is 2.14. The van der Waals surface area contributed by atoms with Crippen LogP contribution in [-0.2, 0) is 4.79 Å². The summed E-state index contributed by atoms with van der Waals surface area (Å²) >= 11 is 1.23. The number of carbonyl (C=O) groups excluding carboxylic acids is 1. The zero-order chi connectivity index (χ0) is 8.81. The van der Waals surface area contributed by atoms with E-state index in [0.29, 0.717) is 6.42 Å². The van der Waals surface area contributed by atoms with E-state index in [0.717, 1.165) is 4.90 Å². The molecule has 63 valence electrons. The number of hydrogen-bond acceptors (Lipinski definition) is 2. The summed E-state index contributed by atoms with van der Waals surface area (Å²) in [4.78, 5) is 11.8.